The zero-order valence-electron chi connectivity index (χ0n) is 9.04. The highest BCUT2D eigenvalue weighted by molar-refractivity contribution is 8.03. The third kappa shape index (κ3) is 3.40. The molecule has 0 spiro atoms. The molecule has 0 aliphatic carbocycles. The maximum absolute atomic E-state index is 13.6. The molecular formula is C12H13ClFNS. The van der Waals surface area contributed by atoms with Gasteiger partial charge in [-0.3, -0.25) is 0 Å². The highest BCUT2D eigenvalue weighted by Crippen LogP contribution is 2.32. The fourth-order valence-corrected chi connectivity index (χ4v) is 2.51. The predicted molar refractivity (Wildman–Crippen MR) is 67.1 cm³/mol. The topological polar surface area (TPSA) is 23.8 Å². The van der Waals surface area contributed by atoms with Gasteiger partial charge in [-0.05, 0) is 42.7 Å². The van der Waals surface area contributed by atoms with Crippen LogP contribution in [0.2, 0.25) is 5.02 Å². The molecule has 1 rings (SSSR count). The lowest BCUT2D eigenvalue weighted by atomic mass is 9.93. The summed E-state index contributed by atoms with van der Waals surface area (Å²) in [5, 5.41) is 10.9. The van der Waals surface area contributed by atoms with E-state index in [-0.39, 0.29) is 11.7 Å². The van der Waals surface area contributed by atoms with Crippen molar-refractivity contribution in [3.63, 3.8) is 0 Å². The van der Waals surface area contributed by atoms with Crippen LogP contribution in [-0.4, -0.2) is 5.75 Å². The smallest absolute Gasteiger partial charge is 0.133 e. The second kappa shape index (κ2) is 6.78. The van der Waals surface area contributed by atoms with E-state index in [1.54, 1.807) is 12.1 Å². The van der Waals surface area contributed by atoms with Crippen molar-refractivity contribution in [1.82, 2.24) is 0 Å². The molecule has 0 fully saturated rings. The van der Waals surface area contributed by atoms with E-state index >= 15 is 0 Å². The average molecular weight is 258 g/mol. The quantitative estimate of drug-likeness (QED) is 0.570. The lowest BCUT2D eigenvalue weighted by Crippen LogP contribution is -2.03. The van der Waals surface area contributed by atoms with Crippen LogP contribution in [-0.2, 0) is 0 Å². The summed E-state index contributed by atoms with van der Waals surface area (Å²) in [6.45, 7) is 2.00. The third-order valence-corrected chi connectivity index (χ3v) is 3.43. The lowest BCUT2D eigenvalue weighted by molar-refractivity contribution is 0.560. The molecule has 0 saturated carbocycles. The van der Waals surface area contributed by atoms with Gasteiger partial charge in [0.25, 0.3) is 0 Å². The molecule has 86 valence electrons. The zero-order chi connectivity index (χ0) is 12.0. The van der Waals surface area contributed by atoms with Crippen molar-refractivity contribution in [2.75, 3.05) is 5.75 Å². The van der Waals surface area contributed by atoms with Crippen molar-refractivity contribution in [3.8, 4) is 5.40 Å². The van der Waals surface area contributed by atoms with Gasteiger partial charge in [0.2, 0.25) is 0 Å². The molecule has 0 aliphatic heterocycles. The highest BCUT2D eigenvalue weighted by atomic mass is 35.5. The van der Waals surface area contributed by atoms with Crippen LogP contribution in [0.4, 0.5) is 4.39 Å². The summed E-state index contributed by atoms with van der Waals surface area (Å²) in [6.07, 6.45) is 1.60. The zero-order valence-corrected chi connectivity index (χ0v) is 10.6. The number of nitriles is 1. The van der Waals surface area contributed by atoms with Crippen molar-refractivity contribution in [2.45, 2.75) is 25.7 Å². The first-order valence-electron chi connectivity index (χ1n) is 5.15. The number of benzene rings is 1. The second-order valence-electron chi connectivity index (χ2n) is 3.47. The normalized spacial score (nSPS) is 12.1. The van der Waals surface area contributed by atoms with Crippen LogP contribution in [0, 0.1) is 16.5 Å². The van der Waals surface area contributed by atoms with Crippen LogP contribution < -0.4 is 0 Å². The molecule has 0 heterocycles. The van der Waals surface area contributed by atoms with E-state index < -0.39 is 0 Å². The molecule has 16 heavy (non-hydrogen) atoms. The maximum Gasteiger partial charge on any atom is 0.133 e. The van der Waals surface area contributed by atoms with Crippen molar-refractivity contribution in [1.29, 1.82) is 5.26 Å². The summed E-state index contributed by atoms with van der Waals surface area (Å²) in [7, 11) is 0. The molecule has 0 radical (unpaired) electrons. The summed E-state index contributed by atoms with van der Waals surface area (Å²) in [6, 6.07) is 4.75. The fourth-order valence-electron chi connectivity index (χ4n) is 1.70. The molecule has 0 bridgehead atoms. The Kier molecular flexibility index (Phi) is 5.65. The molecule has 1 aromatic carbocycles. The van der Waals surface area contributed by atoms with E-state index in [0.29, 0.717) is 16.3 Å². The Hall–Kier alpha value is -0.720. The molecule has 1 atom stereocenters. The first-order chi connectivity index (χ1) is 7.70. The Labute approximate surface area is 105 Å². The molecule has 0 saturated heterocycles. The van der Waals surface area contributed by atoms with E-state index in [1.165, 1.54) is 17.8 Å². The van der Waals surface area contributed by atoms with Crippen LogP contribution in [0.1, 0.15) is 31.2 Å². The van der Waals surface area contributed by atoms with Gasteiger partial charge in [-0.1, -0.05) is 24.6 Å². The van der Waals surface area contributed by atoms with Gasteiger partial charge in [-0.25, -0.2) is 4.39 Å². The minimum Gasteiger partial charge on any atom is -0.207 e. The van der Waals surface area contributed by atoms with E-state index in [0.717, 1.165) is 12.8 Å². The molecule has 0 aromatic heterocycles. The number of halogens is 2. The Morgan fingerprint density at radius 3 is 2.88 bits per heavy atom. The number of thioether (sulfide) groups is 1. The Morgan fingerprint density at radius 2 is 2.31 bits per heavy atom. The minimum absolute atomic E-state index is 0.0922. The third-order valence-electron chi connectivity index (χ3n) is 2.53. The van der Waals surface area contributed by atoms with Gasteiger partial charge < -0.3 is 0 Å². The first kappa shape index (κ1) is 13.3. The van der Waals surface area contributed by atoms with Crippen LogP contribution in [0.25, 0.3) is 0 Å². The van der Waals surface area contributed by atoms with Gasteiger partial charge in [0.05, 0.1) is 0 Å². The van der Waals surface area contributed by atoms with Gasteiger partial charge in [-0.15, -0.1) is 0 Å². The number of hydrogen-bond acceptors (Lipinski definition) is 2. The summed E-state index contributed by atoms with van der Waals surface area (Å²) >= 11 is 7.20. The minimum atomic E-state index is -0.249. The summed E-state index contributed by atoms with van der Waals surface area (Å²) in [5.74, 6) is 0.551. The summed E-state index contributed by atoms with van der Waals surface area (Å²) in [4.78, 5) is 0. The lowest BCUT2D eigenvalue weighted by Gasteiger charge is -2.16. The molecule has 0 N–H and O–H groups in total. The van der Waals surface area contributed by atoms with Crippen LogP contribution >= 0.6 is 23.4 Å². The van der Waals surface area contributed by atoms with Crippen LogP contribution in [0.15, 0.2) is 18.2 Å². The van der Waals surface area contributed by atoms with E-state index in [9.17, 15) is 4.39 Å². The largest absolute Gasteiger partial charge is 0.207 e. The monoisotopic (exact) mass is 257 g/mol. The SMILES string of the molecule is CCC(CCSC#N)c1c(F)cccc1Cl. The summed E-state index contributed by atoms with van der Waals surface area (Å²) < 4.78 is 13.6. The number of rotatable bonds is 5. The standard InChI is InChI=1S/C12H13ClFNS/c1-2-9(6-7-16-8-15)12-10(13)4-3-5-11(12)14/h3-5,9H,2,6-7H2,1H3. The van der Waals surface area contributed by atoms with E-state index in [2.05, 4.69) is 0 Å². The number of thiocyanates is 1. The van der Waals surface area contributed by atoms with E-state index in [1.807, 2.05) is 12.3 Å². The molecular weight excluding hydrogens is 245 g/mol. The molecule has 1 aromatic rings. The Balaban J connectivity index is 2.83. The van der Waals surface area contributed by atoms with Gasteiger partial charge in [0.1, 0.15) is 11.2 Å². The van der Waals surface area contributed by atoms with Gasteiger partial charge in [0, 0.05) is 16.3 Å². The van der Waals surface area contributed by atoms with Crippen molar-refractivity contribution < 1.29 is 4.39 Å². The first-order valence-corrected chi connectivity index (χ1v) is 6.51. The average Bonchev–Trinajstić information content (AvgIpc) is 2.26. The van der Waals surface area contributed by atoms with Crippen molar-refractivity contribution >= 4 is 23.4 Å². The van der Waals surface area contributed by atoms with Crippen molar-refractivity contribution in [2.24, 2.45) is 0 Å². The molecule has 1 nitrogen and oxygen atoms in total. The molecule has 4 heteroatoms. The second-order valence-corrected chi connectivity index (χ2v) is 4.76. The molecule has 1 unspecified atom stereocenters. The maximum atomic E-state index is 13.6. The Morgan fingerprint density at radius 1 is 1.56 bits per heavy atom. The molecule has 0 aliphatic rings. The highest BCUT2D eigenvalue weighted by Gasteiger charge is 2.17. The summed E-state index contributed by atoms with van der Waals surface area (Å²) in [5.41, 5.74) is 0.588. The van der Waals surface area contributed by atoms with Crippen LogP contribution in [0.5, 0.6) is 0 Å². The van der Waals surface area contributed by atoms with Crippen molar-refractivity contribution in [3.05, 3.63) is 34.6 Å². The van der Waals surface area contributed by atoms with Gasteiger partial charge in [-0.2, -0.15) is 5.26 Å². The molecule has 0 amide bonds. The van der Waals surface area contributed by atoms with Gasteiger partial charge in [0.15, 0.2) is 0 Å². The van der Waals surface area contributed by atoms with Crippen LogP contribution in [0.3, 0.4) is 0 Å². The van der Waals surface area contributed by atoms with Gasteiger partial charge >= 0.3 is 0 Å². The fraction of sp³-hybridized carbons (Fsp3) is 0.417. The van der Waals surface area contributed by atoms with E-state index in [4.69, 9.17) is 16.9 Å². The Bertz CT molecular complexity index is 369. The number of nitrogens with zero attached hydrogens (tertiary/aromatic N) is 1. The predicted octanol–water partition coefficient (Wildman–Crippen LogP) is 4.58. The number of hydrogen-bond donors (Lipinski definition) is 0.